The molecule has 0 saturated heterocycles. The summed E-state index contributed by atoms with van der Waals surface area (Å²) in [6.45, 7) is 4.46. The Labute approximate surface area is 168 Å². The van der Waals surface area contributed by atoms with Crippen LogP contribution < -0.4 is 4.72 Å². The lowest BCUT2D eigenvalue weighted by Gasteiger charge is -2.08. The number of rotatable bonds is 8. The summed E-state index contributed by atoms with van der Waals surface area (Å²) in [5.74, 6) is 0. The quantitative estimate of drug-likeness (QED) is 0.559. The molecule has 3 nitrogen and oxygen atoms in total. The molecule has 0 saturated carbocycles. The third-order valence-electron chi connectivity index (χ3n) is 4.79. The summed E-state index contributed by atoms with van der Waals surface area (Å²) >= 11 is 0. The molecule has 0 heterocycles. The summed E-state index contributed by atoms with van der Waals surface area (Å²) in [7, 11) is -3.43. The summed E-state index contributed by atoms with van der Waals surface area (Å²) in [6, 6.07) is 24.1. The van der Waals surface area contributed by atoms with Gasteiger partial charge in [-0.05, 0) is 61.9 Å². The molecule has 0 unspecified atom stereocenters. The van der Waals surface area contributed by atoms with Crippen LogP contribution in [0.15, 0.2) is 77.7 Å². The summed E-state index contributed by atoms with van der Waals surface area (Å²) < 4.78 is 27.3. The molecule has 3 aromatic rings. The van der Waals surface area contributed by atoms with Crippen LogP contribution in [0, 0.1) is 13.8 Å². The summed E-state index contributed by atoms with van der Waals surface area (Å²) in [4.78, 5) is 0.318. The van der Waals surface area contributed by atoms with E-state index in [4.69, 9.17) is 0 Å². The van der Waals surface area contributed by atoms with Gasteiger partial charge in [0.1, 0.15) is 0 Å². The van der Waals surface area contributed by atoms with Crippen LogP contribution in [0.4, 0.5) is 0 Å². The average Bonchev–Trinajstić information content (AvgIpc) is 2.68. The van der Waals surface area contributed by atoms with Gasteiger partial charge in [0.2, 0.25) is 10.0 Å². The minimum Gasteiger partial charge on any atom is -0.211 e. The second kappa shape index (κ2) is 9.18. The smallest absolute Gasteiger partial charge is 0.211 e. The maximum absolute atomic E-state index is 12.3. The van der Waals surface area contributed by atoms with E-state index in [9.17, 15) is 8.42 Å². The highest BCUT2D eigenvalue weighted by Gasteiger charge is 2.12. The molecule has 0 amide bonds. The zero-order valence-electron chi connectivity index (χ0n) is 16.5. The molecule has 0 radical (unpaired) electrons. The van der Waals surface area contributed by atoms with E-state index >= 15 is 0 Å². The molecule has 0 aliphatic rings. The van der Waals surface area contributed by atoms with Crippen molar-refractivity contribution in [2.75, 3.05) is 6.54 Å². The minimum atomic E-state index is -3.43. The Balaban J connectivity index is 1.52. The van der Waals surface area contributed by atoms with Crippen LogP contribution in [0.2, 0.25) is 0 Å². The Bertz CT molecular complexity index is 1010. The zero-order valence-corrected chi connectivity index (χ0v) is 17.3. The third kappa shape index (κ3) is 5.78. The molecule has 0 atom stereocenters. The summed E-state index contributed by atoms with van der Waals surface area (Å²) in [5, 5.41) is 0. The van der Waals surface area contributed by atoms with Crippen LogP contribution in [-0.4, -0.2) is 15.0 Å². The largest absolute Gasteiger partial charge is 0.240 e. The Morgan fingerprint density at radius 1 is 0.750 bits per heavy atom. The fourth-order valence-electron chi connectivity index (χ4n) is 3.14. The van der Waals surface area contributed by atoms with Crippen molar-refractivity contribution in [3.63, 3.8) is 0 Å². The van der Waals surface area contributed by atoms with E-state index in [0.717, 1.165) is 24.8 Å². The first-order valence-electron chi connectivity index (χ1n) is 9.62. The summed E-state index contributed by atoms with van der Waals surface area (Å²) in [6.07, 6.45) is 2.52. The molecule has 0 aliphatic carbocycles. The molecule has 0 spiro atoms. The van der Waals surface area contributed by atoms with Gasteiger partial charge in [-0.3, -0.25) is 0 Å². The lowest BCUT2D eigenvalue weighted by atomic mass is 10.0. The second-order valence-corrected chi connectivity index (χ2v) is 9.06. The lowest BCUT2D eigenvalue weighted by molar-refractivity contribution is 0.579. The third-order valence-corrected chi connectivity index (χ3v) is 6.26. The van der Waals surface area contributed by atoms with Crippen molar-refractivity contribution in [1.82, 2.24) is 4.72 Å². The van der Waals surface area contributed by atoms with Crippen LogP contribution >= 0.6 is 0 Å². The molecule has 1 N–H and O–H groups in total. The van der Waals surface area contributed by atoms with Gasteiger partial charge in [0.25, 0.3) is 0 Å². The predicted molar refractivity (Wildman–Crippen MR) is 115 cm³/mol. The Hall–Kier alpha value is -2.43. The van der Waals surface area contributed by atoms with E-state index in [-0.39, 0.29) is 0 Å². The van der Waals surface area contributed by atoms with E-state index in [1.165, 1.54) is 22.3 Å². The van der Waals surface area contributed by atoms with Crippen LogP contribution in [-0.2, 0) is 22.9 Å². The molecule has 4 heteroatoms. The Morgan fingerprint density at radius 2 is 1.36 bits per heavy atom. The number of sulfonamides is 1. The van der Waals surface area contributed by atoms with Crippen LogP contribution in [0.3, 0.4) is 0 Å². The van der Waals surface area contributed by atoms with Crippen molar-refractivity contribution >= 4 is 10.0 Å². The van der Waals surface area contributed by atoms with Gasteiger partial charge in [-0.25, -0.2) is 13.1 Å². The topological polar surface area (TPSA) is 46.2 Å². The van der Waals surface area contributed by atoms with Gasteiger partial charge >= 0.3 is 0 Å². The monoisotopic (exact) mass is 393 g/mol. The first-order valence-corrected chi connectivity index (χ1v) is 11.1. The standard InChI is InChI=1S/C24H27NO2S/c1-19-8-12-22(13-9-19)18-23-6-3-5-21(17-23)7-4-16-25-28(26,27)24-14-10-20(2)11-15-24/h3,5-6,8-15,17,25H,4,7,16,18H2,1-2H3. The van der Waals surface area contributed by atoms with Crippen LogP contribution in [0.25, 0.3) is 0 Å². The molecular formula is C24H27NO2S. The highest BCUT2D eigenvalue weighted by molar-refractivity contribution is 7.89. The molecule has 0 bridgehead atoms. The maximum Gasteiger partial charge on any atom is 0.240 e. The van der Waals surface area contributed by atoms with Crippen LogP contribution in [0.1, 0.15) is 34.2 Å². The average molecular weight is 394 g/mol. The Kier molecular flexibility index (Phi) is 6.65. The maximum atomic E-state index is 12.3. The zero-order chi connectivity index (χ0) is 20.0. The lowest BCUT2D eigenvalue weighted by Crippen LogP contribution is -2.25. The van der Waals surface area contributed by atoms with Crippen molar-refractivity contribution in [3.8, 4) is 0 Å². The van der Waals surface area contributed by atoms with Gasteiger partial charge in [-0.15, -0.1) is 0 Å². The first-order chi connectivity index (χ1) is 13.4. The van der Waals surface area contributed by atoms with E-state index < -0.39 is 10.0 Å². The summed E-state index contributed by atoms with van der Waals surface area (Å²) in [5.41, 5.74) is 6.13. The molecule has 0 aliphatic heterocycles. The number of nitrogens with one attached hydrogen (secondary N) is 1. The van der Waals surface area contributed by atoms with Gasteiger partial charge in [0.05, 0.1) is 4.90 Å². The van der Waals surface area contributed by atoms with Crippen LogP contribution in [0.5, 0.6) is 0 Å². The van der Waals surface area contributed by atoms with E-state index in [0.29, 0.717) is 11.4 Å². The highest BCUT2D eigenvalue weighted by atomic mass is 32.2. The molecule has 28 heavy (non-hydrogen) atoms. The molecule has 146 valence electrons. The number of aryl methyl sites for hydroxylation is 3. The molecule has 3 rings (SSSR count). The van der Waals surface area contributed by atoms with Crippen molar-refractivity contribution in [2.45, 2.75) is 38.0 Å². The van der Waals surface area contributed by atoms with E-state index in [2.05, 4.69) is 60.2 Å². The van der Waals surface area contributed by atoms with Crippen molar-refractivity contribution in [2.24, 2.45) is 0 Å². The van der Waals surface area contributed by atoms with Crippen molar-refractivity contribution in [1.29, 1.82) is 0 Å². The Morgan fingerprint density at radius 3 is 2.04 bits per heavy atom. The molecule has 0 fully saturated rings. The van der Waals surface area contributed by atoms with Crippen molar-refractivity contribution in [3.05, 3.63) is 101 Å². The molecular weight excluding hydrogens is 366 g/mol. The normalized spacial score (nSPS) is 11.5. The number of hydrogen-bond donors (Lipinski definition) is 1. The minimum absolute atomic E-state index is 0.318. The predicted octanol–water partition coefficient (Wildman–Crippen LogP) is 4.81. The van der Waals surface area contributed by atoms with Crippen molar-refractivity contribution < 1.29 is 8.42 Å². The SMILES string of the molecule is Cc1ccc(Cc2cccc(CCCNS(=O)(=O)c3ccc(C)cc3)c2)cc1. The highest BCUT2D eigenvalue weighted by Crippen LogP contribution is 2.14. The van der Waals surface area contributed by atoms with E-state index in [1.54, 1.807) is 12.1 Å². The second-order valence-electron chi connectivity index (χ2n) is 7.30. The van der Waals surface area contributed by atoms with Gasteiger partial charge in [-0.2, -0.15) is 0 Å². The molecule has 0 aromatic heterocycles. The van der Waals surface area contributed by atoms with Gasteiger partial charge in [0.15, 0.2) is 0 Å². The van der Waals surface area contributed by atoms with Gasteiger partial charge in [-0.1, -0.05) is 71.8 Å². The fourth-order valence-corrected chi connectivity index (χ4v) is 4.21. The number of hydrogen-bond acceptors (Lipinski definition) is 2. The first kappa shape index (κ1) is 20.3. The molecule has 3 aromatic carbocycles. The fraction of sp³-hybridized carbons (Fsp3) is 0.250. The van der Waals surface area contributed by atoms with Gasteiger partial charge < -0.3 is 0 Å². The van der Waals surface area contributed by atoms with Gasteiger partial charge in [0, 0.05) is 6.54 Å². The van der Waals surface area contributed by atoms with E-state index in [1.807, 2.05) is 19.1 Å². The number of benzene rings is 3.